The van der Waals surface area contributed by atoms with Gasteiger partial charge in [0.15, 0.2) is 0 Å². The van der Waals surface area contributed by atoms with E-state index in [1.165, 1.54) is 0 Å². The van der Waals surface area contributed by atoms with Crippen molar-refractivity contribution in [1.82, 2.24) is 4.90 Å². The van der Waals surface area contributed by atoms with Crippen LogP contribution >= 0.6 is 0 Å². The summed E-state index contributed by atoms with van der Waals surface area (Å²) >= 11 is 0. The largest absolute Gasteiger partial charge is 0.388 e. The zero-order chi connectivity index (χ0) is 15.4. The second kappa shape index (κ2) is 6.90. The topological polar surface area (TPSA) is 49.8 Å². The molecule has 0 aliphatic carbocycles. The van der Waals surface area contributed by atoms with E-state index < -0.39 is 5.60 Å². The molecule has 1 amide bonds. The molecule has 1 atom stereocenters. The van der Waals surface area contributed by atoms with Crippen molar-refractivity contribution in [1.29, 1.82) is 0 Å². The van der Waals surface area contributed by atoms with Gasteiger partial charge in [-0.3, -0.25) is 4.79 Å². The van der Waals surface area contributed by atoms with Gasteiger partial charge in [-0.25, -0.2) is 0 Å². The van der Waals surface area contributed by atoms with E-state index >= 15 is 0 Å². The van der Waals surface area contributed by atoms with Crippen LogP contribution in [0.2, 0.25) is 0 Å². The number of ether oxygens (including phenoxy) is 1. The molecule has 118 valence electrons. The third-order valence-corrected chi connectivity index (χ3v) is 3.86. The van der Waals surface area contributed by atoms with Crippen LogP contribution in [-0.2, 0) is 9.53 Å². The minimum Gasteiger partial charge on any atom is -0.388 e. The average Bonchev–Trinajstić information content (AvgIpc) is 2.26. The first-order valence-electron chi connectivity index (χ1n) is 7.65. The van der Waals surface area contributed by atoms with Crippen LogP contribution in [0.3, 0.4) is 0 Å². The van der Waals surface area contributed by atoms with E-state index in [2.05, 4.69) is 27.7 Å². The van der Waals surface area contributed by atoms with E-state index in [0.717, 1.165) is 6.42 Å². The van der Waals surface area contributed by atoms with E-state index in [0.29, 0.717) is 44.9 Å². The van der Waals surface area contributed by atoms with E-state index in [1.807, 2.05) is 0 Å². The molecule has 0 spiro atoms. The van der Waals surface area contributed by atoms with Gasteiger partial charge in [0, 0.05) is 46.1 Å². The summed E-state index contributed by atoms with van der Waals surface area (Å²) < 4.78 is 5.26. The Morgan fingerprint density at radius 2 is 1.90 bits per heavy atom. The van der Waals surface area contributed by atoms with Crippen molar-refractivity contribution in [2.45, 2.75) is 59.0 Å². The Labute approximate surface area is 123 Å². The molecule has 4 heteroatoms. The third-order valence-electron chi connectivity index (χ3n) is 3.86. The Bertz CT molecular complexity index is 316. The molecule has 1 N–H and O–H groups in total. The zero-order valence-corrected chi connectivity index (χ0v) is 13.7. The Hall–Kier alpha value is -0.610. The molecule has 1 aliphatic heterocycles. The van der Waals surface area contributed by atoms with Crippen LogP contribution in [0.25, 0.3) is 0 Å². The van der Waals surface area contributed by atoms with Gasteiger partial charge in [0.05, 0.1) is 5.60 Å². The molecule has 1 unspecified atom stereocenters. The monoisotopic (exact) mass is 285 g/mol. The Morgan fingerprint density at radius 1 is 1.35 bits per heavy atom. The number of aliphatic hydroxyl groups is 1. The van der Waals surface area contributed by atoms with E-state index in [4.69, 9.17) is 4.74 Å². The normalized spacial score (nSPS) is 20.5. The fourth-order valence-corrected chi connectivity index (χ4v) is 3.01. The lowest BCUT2D eigenvalue weighted by molar-refractivity contribution is -0.137. The summed E-state index contributed by atoms with van der Waals surface area (Å²) in [7, 11) is 1.79. The number of hydrogen-bond donors (Lipinski definition) is 1. The highest BCUT2D eigenvalue weighted by Crippen LogP contribution is 2.27. The standard InChI is InChI=1S/C16H31NO3/c1-13(11-15(2,3)4)10-14(18)17(5)12-16(19)6-8-20-9-7-16/h13,19H,6-12H2,1-5H3. The van der Waals surface area contributed by atoms with E-state index in [-0.39, 0.29) is 11.3 Å². The molecular formula is C16H31NO3. The fourth-order valence-electron chi connectivity index (χ4n) is 3.01. The number of hydrogen-bond acceptors (Lipinski definition) is 3. The minimum atomic E-state index is -0.768. The highest BCUT2D eigenvalue weighted by molar-refractivity contribution is 5.76. The van der Waals surface area contributed by atoms with Crippen LogP contribution in [0.4, 0.5) is 0 Å². The molecule has 1 saturated heterocycles. The molecular weight excluding hydrogens is 254 g/mol. The fraction of sp³-hybridized carbons (Fsp3) is 0.938. The minimum absolute atomic E-state index is 0.127. The van der Waals surface area contributed by atoms with Gasteiger partial charge in [-0.15, -0.1) is 0 Å². The molecule has 20 heavy (non-hydrogen) atoms. The summed E-state index contributed by atoms with van der Waals surface area (Å²) in [6, 6.07) is 0. The molecule has 0 saturated carbocycles. The van der Waals surface area contributed by atoms with E-state index in [9.17, 15) is 9.90 Å². The van der Waals surface area contributed by atoms with Crippen molar-refractivity contribution in [3.05, 3.63) is 0 Å². The molecule has 0 aromatic rings. The summed E-state index contributed by atoms with van der Waals surface area (Å²) in [5.74, 6) is 0.496. The number of likely N-dealkylation sites (N-methyl/N-ethyl adjacent to an activating group) is 1. The van der Waals surface area contributed by atoms with Gasteiger partial charge in [0.2, 0.25) is 5.91 Å². The Kier molecular flexibility index (Phi) is 6.02. The van der Waals surface area contributed by atoms with Gasteiger partial charge in [-0.1, -0.05) is 27.7 Å². The number of carbonyl (C=O) groups is 1. The predicted octanol–water partition coefficient (Wildman–Crippen LogP) is 2.45. The van der Waals surface area contributed by atoms with Crippen LogP contribution < -0.4 is 0 Å². The maximum Gasteiger partial charge on any atom is 0.222 e. The van der Waals surface area contributed by atoms with Gasteiger partial charge in [-0.2, -0.15) is 0 Å². The second-order valence-electron chi connectivity index (χ2n) is 7.66. The molecule has 0 aromatic carbocycles. The Morgan fingerprint density at radius 3 is 2.40 bits per heavy atom. The summed E-state index contributed by atoms with van der Waals surface area (Å²) in [6.45, 7) is 10.3. The van der Waals surface area contributed by atoms with Gasteiger partial charge in [-0.05, 0) is 17.8 Å². The van der Waals surface area contributed by atoms with Gasteiger partial charge >= 0.3 is 0 Å². The highest BCUT2D eigenvalue weighted by atomic mass is 16.5. The third kappa shape index (κ3) is 6.23. The smallest absolute Gasteiger partial charge is 0.222 e. The van der Waals surface area contributed by atoms with Gasteiger partial charge in [0.25, 0.3) is 0 Å². The molecule has 0 aromatic heterocycles. The summed E-state index contributed by atoms with van der Waals surface area (Å²) in [4.78, 5) is 13.9. The van der Waals surface area contributed by atoms with Crippen LogP contribution in [0.5, 0.6) is 0 Å². The molecule has 1 fully saturated rings. The van der Waals surface area contributed by atoms with Crippen molar-refractivity contribution in [2.75, 3.05) is 26.8 Å². The summed E-state index contributed by atoms with van der Waals surface area (Å²) in [5.41, 5.74) is -0.521. The maximum absolute atomic E-state index is 12.2. The molecule has 1 heterocycles. The highest BCUT2D eigenvalue weighted by Gasteiger charge is 2.32. The van der Waals surface area contributed by atoms with Gasteiger partial charge in [0.1, 0.15) is 0 Å². The van der Waals surface area contributed by atoms with Crippen LogP contribution in [0.15, 0.2) is 0 Å². The van der Waals surface area contributed by atoms with Crippen LogP contribution in [0, 0.1) is 11.3 Å². The lowest BCUT2D eigenvalue weighted by Crippen LogP contribution is -2.47. The number of amides is 1. The maximum atomic E-state index is 12.2. The van der Waals surface area contributed by atoms with Crippen LogP contribution in [-0.4, -0.2) is 48.3 Å². The predicted molar refractivity (Wildman–Crippen MR) is 80.5 cm³/mol. The molecule has 0 bridgehead atoms. The van der Waals surface area contributed by atoms with Crippen LogP contribution in [0.1, 0.15) is 53.4 Å². The first kappa shape index (κ1) is 17.4. The first-order chi connectivity index (χ1) is 9.11. The molecule has 1 aliphatic rings. The van der Waals surface area contributed by atoms with Crippen molar-refractivity contribution >= 4 is 5.91 Å². The van der Waals surface area contributed by atoms with Gasteiger partial charge < -0.3 is 14.7 Å². The molecule has 0 radical (unpaired) electrons. The summed E-state index contributed by atoms with van der Waals surface area (Å²) in [5, 5.41) is 10.4. The zero-order valence-electron chi connectivity index (χ0n) is 13.7. The number of nitrogens with zero attached hydrogens (tertiary/aromatic N) is 1. The lowest BCUT2D eigenvalue weighted by Gasteiger charge is -2.35. The van der Waals surface area contributed by atoms with Crippen molar-refractivity contribution in [3.8, 4) is 0 Å². The summed E-state index contributed by atoms with van der Waals surface area (Å²) in [6.07, 6.45) is 2.81. The SMILES string of the molecule is CC(CC(=O)N(C)CC1(O)CCOCC1)CC(C)(C)C. The Balaban J connectivity index is 2.42. The molecule has 4 nitrogen and oxygen atoms in total. The van der Waals surface area contributed by atoms with Crippen molar-refractivity contribution in [2.24, 2.45) is 11.3 Å². The van der Waals surface area contributed by atoms with E-state index in [1.54, 1.807) is 11.9 Å². The quantitative estimate of drug-likeness (QED) is 0.844. The lowest BCUT2D eigenvalue weighted by atomic mass is 9.84. The number of carbonyl (C=O) groups excluding carboxylic acids is 1. The first-order valence-corrected chi connectivity index (χ1v) is 7.65. The molecule has 1 rings (SSSR count). The van der Waals surface area contributed by atoms with Crippen molar-refractivity contribution in [3.63, 3.8) is 0 Å². The second-order valence-corrected chi connectivity index (χ2v) is 7.66. The average molecular weight is 285 g/mol. The van der Waals surface area contributed by atoms with Crippen molar-refractivity contribution < 1.29 is 14.6 Å². The number of rotatable bonds is 5.